The molecule has 1 aliphatic carbocycles. The Hall–Kier alpha value is -1.31. The third-order valence-electron chi connectivity index (χ3n) is 4.03. The van der Waals surface area contributed by atoms with Crippen molar-refractivity contribution < 1.29 is 9.53 Å². The molecule has 1 saturated carbocycles. The molecule has 2 nitrogen and oxygen atoms in total. The van der Waals surface area contributed by atoms with Crippen LogP contribution in [0.5, 0.6) is 5.75 Å². The molecule has 0 spiro atoms. The molecule has 1 aliphatic rings. The summed E-state index contributed by atoms with van der Waals surface area (Å²) < 4.78 is 5.15. The molecule has 0 heterocycles. The van der Waals surface area contributed by atoms with Crippen molar-refractivity contribution in [2.24, 2.45) is 5.92 Å². The Morgan fingerprint density at radius 3 is 2.53 bits per heavy atom. The minimum absolute atomic E-state index is 0.191. The molecule has 92 valence electrons. The lowest BCUT2D eigenvalue weighted by Crippen LogP contribution is -2.40. The normalized spacial score (nSPS) is 29.1. The second-order valence-corrected chi connectivity index (χ2v) is 5.22. The van der Waals surface area contributed by atoms with E-state index in [0.717, 1.165) is 30.6 Å². The van der Waals surface area contributed by atoms with Crippen LogP contribution in [0.25, 0.3) is 0 Å². The summed E-state index contributed by atoms with van der Waals surface area (Å²) in [6.07, 6.45) is 3.13. The third kappa shape index (κ3) is 2.08. The van der Waals surface area contributed by atoms with E-state index in [1.807, 2.05) is 31.2 Å². The van der Waals surface area contributed by atoms with Gasteiger partial charge >= 0.3 is 0 Å². The average Bonchev–Trinajstić information content (AvgIpc) is 2.36. The zero-order chi connectivity index (χ0) is 12.5. The van der Waals surface area contributed by atoms with Crippen LogP contribution >= 0.6 is 0 Å². The molecule has 0 aromatic heterocycles. The number of rotatable bonds is 2. The molecule has 2 unspecified atom stereocenters. The van der Waals surface area contributed by atoms with Crippen LogP contribution in [0.2, 0.25) is 0 Å². The standard InChI is InChI=1S/C15H20O2/c1-11-5-4-10-15(2,14(11)16)12-6-8-13(17-3)9-7-12/h6-9,11H,4-5,10H2,1-3H3. The maximum absolute atomic E-state index is 12.4. The van der Waals surface area contributed by atoms with E-state index >= 15 is 0 Å². The fourth-order valence-corrected chi connectivity index (χ4v) is 2.81. The fourth-order valence-electron chi connectivity index (χ4n) is 2.81. The Morgan fingerprint density at radius 1 is 1.29 bits per heavy atom. The highest BCUT2D eigenvalue weighted by molar-refractivity contribution is 5.92. The molecule has 0 bridgehead atoms. The molecule has 1 aromatic rings. The van der Waals surface area contributed by atoms with Crippen LogP contribution < -0.4 is 4.74 Å². The van der Waals surface area contributed by atoms with E-state index in [0.29, 0.717) is 5.78 Å². The van der Waals surface area contributed by atoms with Crippen LogP contribution in [-0.2, 0) is 10.2 Å². The Kier molecular flexibility index (Phi) is 3.23. The number of benzene rings is 1. The average molecular weight is 232 g/mol. The lowest BCUT2D eigenvalue weighted by atomic mass is 9.66. The van der Waals surface area contributed by atoms with Crippen molar-refractivity contribution in [2.45, 2.75) is 38.5 Å². The summed E-state index contributed by atoms with van der Waals surface area (Å²) in [6.45, 7) is 4.12. The molecule has 17 heavy (non-hydrogen) atoms. The summed E-state index contributed by atoms with van der Waals surface area (Å²) in [4.78, 5) is 12.4. The predicted molar refractivity (Wildman–Crippen MR) is 68.4 cm³/mol. The van der Waals surface area contributed by atoms with Gasteiger partial charge in [-0.1, -0.05) is 25.5 Å². The van der Waals surface area contributed by atoms with Crippen molar-refractivity contribution in [2.75, 3.05) is 7.11 Å². The van der Waals surface area contributed by atoms with E-state index in [2.05, 4.69) is 6.92 Å². The summed E-state index contributed by atoms with van der Waals surface area (Å²) in [5.74, 6) is 1.42. The highest BCUT2D eigenvalue weighted by Gasteiger charge is 2.40. The molecule has 0 amide bonds. The number of ether oxygens (including phenoxy) is 1. The smallest absolute Gasteiger partial charge is 0.145 e. The Bertz CT molecular complexity index is 407. The van der Waals surface area contributed by atoms with Gasteiger partial charge in [-0.25, -0.2) is 0 Å². The predicted octanol–water partition coefficient (Wildman–Crippen LogP) is 3.34. The first-order chi connectivity index (χ1) is 8.08. The number of ketones is 1. The lowest BCUT2D eigenvalue weighted by Gasteiger charge is -2.35. The Balaban J connectivity index is 2.32. The van der Waals surface area contributed by atoms with Gasteiger partial charge in [0.1, 0.15) is 11.5 Å². The number of hydrogen-bond acceptors (Lipinski definition) is 2. The number of Topliss-reactive ketones (excluding diaryl/α,β-unsaturated/α-hetero) is 1. The molecule has 0 N–H and O–H groups in total. The minimum atomic E-state index is -0.302. The molecular weight excluding hydrogens is 212 g/mol. The summed E-state index contributed by atoms with van der Waals surface area (Å²) in [5.41, 5.74) is 0.819. The van der Waals surface area contributed by atoms with Gasteiger partial charge in [0.25, 0.3) is 0 Å². The van der Waals surface area contributed by atoms with Crippen LogP contribution in [0.15, 0.2) is 24.3 Å². The van der Waals surface area contributed by atoms with E-state index in [9.17, 15) is 4.79 Å². The van der Waals surface area contributed by atoms with Gasteiger partial charge in [0.05, 0.1) is 12.5 Å². The molecule has 1 fully saturated rings. The number of hydrogen-bond donors (Lipinski definition) is 0. The van der Waals surface area contributed by atoms with Crippen molar-refractivity contribution >= 4 is 5.78 Å². The van der Waals surface area contributed by atoms with Crippen LogP contribution in [-0.4, -0.2) is 12.9 Å². The van der Waals surface area contributed by atoms with Gasteiger partial charge in [-0.05, 0) is 37.5 Å². The minimum Gasteiger partial charge on any atom is -0.497 e. The second-order valence-electron chi connectivity index (χ2n) is 5.22. The molecule has 2 atom stereocenters. The first-order valence-corrected chi connectivity index (χ1v) is 6.27. The Labute approximate surface area is 103 Å². The number of methoxy groups -OCH3 is 1. The monoisotopic (exact) mass is 232 g/mol. The van der Waals surface area contributed by atoms with Crippen molar-refractivity contribution in [3.05, 3.63) is 29.8 Å². The highest BCUT2D eigenvalue weighted by Crippen LogP contribution is 2.39. The summed E-state index contributed by atoms with van der Waals surface area (Å²) in [7, 11) is 1.66. The lowest BCUT2D eigenvalue weighted by molar-refractivity contribution is -0.129. The molecule has 0 radical (unpaired) electrons. The second kappa shape index (κ2) is 4.52. The van der Waals surface area contributed by atoms with Crippen LogP contribution in [0.4, 0.5) is 0 Å². The van der Waals surface area contributed by atoms with Crippen LogP contribution in [0.3, 0.4) is 0 Å². The van der Waals surface area contributed by atoms with Crippen molar-refractivity contribution in [3.8, 4) is 5.75 Å². The van der Waals surface area contributed by atoms with Gasteiger partial charge in [-0.15, -0.1) is 0 Å². The molecule has 0 saturated heterocycles. The Morgan fingerprint density at radius 2 is 1.94 bits per heavy atom. The maximum Gasteiger partial charge on any atom is 0.145 e. The molecular formula is C15H20O2. The van der Waals surface area contributed by atoms with E-state index in [-0.39, 0.29) is 11.3 Å². The largest absolute Gasteiger partial charge is 0.497 e. The van der Waals surface area contributed by atoms with Gasteiger partial charge < -0.3 is 4.74 Å². The summed E-state index contributed by atoms with van der Waals surface area (Å²) in [6, 6.07) is 7.92. The number of carbonyl (C=O) groups excluding carboxylic acids is 1. The van der Waals surface area contributed by atoms with Gasteiger partial charge in [0, 0.05) is 5.92 Å². The zero-order valence-corrected chi connectivity index (χ0v) is 10.8. The van der Waals surface area contributed by atoms with Crippen LogP contribution in [0.1, 0.15) is 38.7 Å². The summed E-state index contributed by atoms with van der Waals surface area (Å²) in [5, 5.41) is 0. The van der Waals surface area contributed by atoms with Gasteiger partial charge in [-0.2, -0.15) is 0 Å². The SMILES string of the molecule is COc1ccc(C2(C)CCCC(C)C2=O)cc1. The van der Waals surface area contributed by atoms with Gasteiger partial charge in [-0.3, -0.25) is 4.79 Å². The molecule has 1 aromatic carbocycles. The first-order valence-electron chi connectivity index (χ1n) is 6.27. The number of carbonyl (C=O) groups is 1. The zero-order valence-electron chi connectivity index (χ0n) is 10.8. The quantitative estimate of drug-likeness (QED) is 0.781. The van der Waals surface area contributed by atoms with E-state index in [4.69, 9.17) is 4.74 Å². The van der Waals surface area contributed by atoms with Gasteiger partial charge in [0.15, 0.2) is 0 Å². The van der Waals surface area contributed by atoms with Crippen LogP contribution in [0, 0.1) is 5.92 Å². The van der Waals surface area contributed by atoms with Crippen molar-refractivity contribution in [1.29, 1.82) is 0 Å². The highest BCUT2D eigenvalue weighted by atomic mass is 16.5. The van der Waals surface area contributed by atoms with Crippen molar-refractivity contribution in [1.82, 2.24) is 0 Å². The maximum atomic E-state index is 12.4. The molecule has 2 rings (SSSR count). The third-order valence-corrected chi connectivity index (χ3v) is 4.03. The first kappa shape index (κ1) is 12.2. The fraction of sp³-hybridized carbons (Fsp3) is 0.533. The summed E-state index contributed by atoms with van der Waals surface area (Å²) >= 11 is 0. The van der Waals surface area contributed by atoms with E-state index < -0.39 is 0 Å². The van der Waals surface area contributed by atoms with Gasteiger partial charge in [0.2, 0.25) is 0 Å². The van der Waals surface area contributed by atoms with E-state index in [1.165, 1.54) is 0 Å². The molecule has 0 aliphatic heterocycles. The van der Waals surface area contributed by atoms with Crippen molar-refractivity contribution in [3.63, 3.8) is 0 Å². The molecule has 2 heteroatoms. The van der Waals surface area contributed by atoms with E-state index in [1.54, 1.807) is 7.11 Å². The topological polar surface area (TPSA) is 26.3 Å².